The van der Waals surface area contributed by atoms with E-state index in [0.29, 0.717) is 29.0 Å². The first-order chi connectivity index (χ1) is 16.7. The molecule has 0 aliphatic heterocycles. The Hall–Kier alpha value is -3.82. The van der Waals surface area contributed by atoms with E-state index >= 15 is 0 Å². The van der Waals surface area contributed by atoms with E-state index in [1.807, 2.05) is 13.8 Å². The van der Waals surface area contributed by atoms with Crippen molar-refractivity contribution >= 4 is 17.8 Å². The standard InChI is InChI=1S/C25H33FN4O5/c1-15(2)10-19(24(32)28-14-17-7-8-20(33-3)18(26)11-17)29-25(27)30-23(31)13-16-6-9-21(34-4)22(12-16)35-5/h6-9,11-12,15,19H,10,13-14H2,1-5H3,(H,28,32)(H3,27,29,30,31)/t19-/m1/s1. The van der Waals surface area contributed by atoms with Crippen LogP contribution in [-0.4, -0.2) is 45.1 Å². The SMILES string of the molecule is COc1ccc(CNC(=O)[C@@H](CC(C)C)NC(=N)NC(=O)Cc2ccc(OC)c(OC)c2)cc1F. The fraction of sp³-hybridized carbons (Fsp3) is 0.400. The molecule has 0 spiro atoms. The molecule has 0 unspecified atom stereocenters. The van der Waals surface area contributed by atoms with Gasteiger partial charge in [-0.05, 0) is 47.7 Å². The normalized spacial score (nSPS) is 11.4. The molecule has 2 amide bonds. The summed E-state index contributed by atoms with van der Waals surface area (Å²) >= 11 is 0. The van der Waals surface area contributed by atoms with E-state index in [-0.39, 0.29) is 36.5 Å². The summed E-state index contributed by atoms with van der Waals surface area (Å²) in [6.45, 7) is 4.00. The molecule has 0 radical (unpaired) electrons. The van der Waals surface area contributed by atoms with Crippen LogP contribution in [0.5, 0.6) is 17.2 Å². The van der Waals surface area contributed by atoms with Crippen LogP contribution < -0.4 is 30.2 Å². The lowest BCUT2D eigenvalue weighted by atomic mass is 10.0. The molecule has 0 bridgehead atoms. The molecule has 35 heavy (non-hydrogen) atoms. The second-order valence-corrected chi connectivity index (χ2v) is 8.30. The van der Waals surface area contributed by atoms with Gasteiger partial charge in [0.2, 0.25) is 11.8 Å². The molecule has 190 valence electrons. The number of hydrogen-bond acceptors (Lipinski definition) is 6. The van der Waals surface area contributed by atoms with Crippen molar-refractivity contribution in [1.29, 1.82) is 5.41 Å². The second kappa shape index (κ2) is 13.2. The second-order valence-electron chi connectivity index (χ2n) is 8.30. The number of carbonyl (C=O) groups excluding carboxylic acids is 2. The Morgan fingerprint density at radius 2 is 1.57 bits per heavy atom. The van der Waals surface area contributed by atoms with Crippen LogP contribution in [0.2, 0.25) is 0 Å². The minimum Gasteiger partial charge on any atom is -0.494 e. The van der Waals surface area contributed by atoms with Crippen LogP contribution in [0.4, 0.5) is 4.39 Å². The average Bonchev–Trinajstić information content (AvgIpc) is 2.81. The van der Waals surface area contributed by atoms with Crippen LogP contribution in [0.25, 0.3) is 0 Å². The van der Waals surface area contributed by atoms with Gasteiger partial charge in [0.1, 0.15) is 6.04 Å². The Bertz CT molecular complexity index is 1040. The minimum absolute atomic E-state index is 0.00842. The Labute approximate surface area is 204 Å². The highest BCUT2D eigenvalue weighted by Gasteiger charge is 2.21. The van der Waals surface area contributed by atoms with E-state index in [0.717, 1.165) is 0 Å². The lowest BCUT2D eigenvalue weighted by Gasteiger charge is -2.21. The van der Waals surface area contributed by atoms with E-state index in [1.165, 1.54) is 33.5 Å². The van der Waals surface area contributed by atoms with Crippen molar-refractivity contribution in [3.63, 3.8) is 0 Å². The average molecular weight is 489 g/mol. The van der Waals surface area contributed by atoms with Gasteiger partial charge in [-0.3, -0.25) is 20.3 Å². The molecule has 10 heteroatoms. The van der Waals surface area contributed by atoms with Gasteiger partial charge in [-0.1, -0.05) is 26.0 Å². The number of guanidine groups is 1. The predicted octanol–water partition coefficient (Wildman–Crippen LogP) is 2.77. The zero-order chi connectivity index (χ0) is 26.0. The summed E-state index contributed by atoms with van der Waals surface area (Å²) in [5.74, 6) is -0.283. The van der Waals surface area contributed by atoms with E-state index in [1.54, 1.807) is 24.3 Å². The Morgan fingerprint density at radius 1 is 0.943 bits per heavy atom. The highest BCUT2D eigenvalue weighted by atomic mass is 19.1. The Morgan fingerprint density at radius 3 is 2.17 bits per heavy atom. The van der Waals surface area contributed by atoms with Gasteiger partial charge in [-0.25, -0.2) is 4.39 Å². The zero-order valence-corrected chi connectivity index (χ0v) is 20.7. The van der Waals surface area contributed by atoms with Gasteiger partial charge in [-0.15, -0.1) is 0 Å². The fourth-order valence-electron chi connectivity index (χ4n) is 3.41. The first kappa shape index (κ1) is 27.4. The molecule has 4 N–H and O–H groups in total. The van der Waals surface area contributed by atoms with Crippen molar-refractivity contribution in [3.05, 3.63) is 53.3 Å². The maximum atomic E-state index is 13.9. The van der Waals surface area contributed by atoms with Crippen LogP contribution in [-0.2, 0) is 22.6 Å². The molecule has 2 aromatic rings. The van der Waals surface area contributed by atoms with Crippen molar-refractivity contribution < 1.29 is 28.2 Å². The van der Waals surface area contributed by atoms with E-state index in [9.17, 15) is 14.0 Å². The number of nitrogens with one attached hydrogen (secondary N) is 4. The van der Waals surface area contributed by atoms with Gasteiger partial charge < -0.3 is 24.8 Å². The molecular weight excluding hydrogens is 455 g/mol. The molecule has 1 atom stereocenters. The number of carbonyl (C=O) groups is 2. The van der Waals surface area contributed by atoms with Crippen molar-refractivity contribution in [2.45, 2.75) is 39.3 Å². The topological polar surface area (TPSA) is 122 Å². The third-order valence-electron chi connectivity index (χ3n) is 5.10. The molecule has 0 saturated carbocycles. The summed E-state index contributed by atoms with van der Waals surface area (Å²) in [4.78, 5) is 25.2. The lowest BCUT2D eigenvalue weighted by molar-refractivity contribution is -0.123. The number of ether oxygens (including phenoxy) is 3. The number of benzene rings is 2. The van der Waals surface area contributed by atoms with Crippen LogP contribution >= 0.6 is 0 Å². The molecule has 0 heterocycles. The first-order valence-electron chi connectivity index (χ1n) is 11.1. The Kier molecular flexibility index (Phi) is 10.3. The quantitative estimate of drug-likeness (QED) is 0.285. The van der Waals surface area contributed by atoms with Gasteiger partial charge in [0.15, 0.2) is 29.0 Å². The van der Waals surface area contributed by atoms with Crippen LogP contribution in [0, 0.1) is 17.1 Å². The summed E-state index contributed by atoms with van der Waals surface area (Å²) in [5.41, 5.74) is 1.24. The van der Waals surface area contributed by atoms with Crippen LogP contribution in [0.1, 0.15) is 31.4 Å². The van der Waals surface area contributed by atoms with E-state index in [2.05, 4.69) is 16.0 Å². The van der Waals surface area contributed by atoms with E-state index < -0.39 is 17.8 Å². The molecule has 0 aliphatic carbocycles. The van der Waals surface area contributed by atoms with Crippen LogP contribution in [0.3, 0.4) is 0 Å². The summed E-state index contributed by atoms with van der Waals surface area (Å²) in [6, 6.07) is 8.80. The molecule has 0 fully saturated rings. The number of halogens is 1. The molecule has 0 aliphatic rings. The smallest absolute Gasteiger partial charge is 0.242 e. The molecule has 2 rings (SSSR count). The number of hydrogen-bond donors (Lipinski definition) is 4. The van der Waals surface area contributed by atoms with Gasteiger partial charge in [-0.2, -0.15) is 0 Å². The number of methoxy groups -OCH3 is 3. The van der Waals surface area contributed by atoms with Crippen molar-refractivity contribution in [2.75, 3.05) is 21.3 Å². The number of rotatable bonds is 11. The maximum absolute atomic E-state index is 13.9. The van der Waals surface area contributed by atoms with Crippen molar-refractivity contribution in [3.8, 4) is 17.2 Å². The van der Waals surface area contributed by atoms with Gasteiger partial charge in [0.05, 0.1) is 27.8 Å². The first-order valence-corrected chi connectivity index (χ1v) is 11.1. The van der Waals surface area contributed by atoms with Crippen molar-refractivity contribution in [2.24, 2.45) is 5.92 Å². The van der Waals surface area contributed by atoms with Gasteiger partial charge in [0.25, 0.3) is 0 Å². The molecule has 0 aromatic heterocycles. The summed E-state index contributed by atoms with van der Waals surface area (Å²) in [5, 5.41) is 16.1. The minimum atomic E-state index is -0.757. The summed E-state index contributed by atoms with van der Waals surface area (Å²) in [6.07, 6.45) is 0.436. The largest absolute Gasteiger partial charge is 0.494 e. The van der Waals surface area contributed by atoms with Crippen LogP contribution in [0.15, 0.2) is 36.4 Å². The zero-order valence-electron chi connectivity index (χ0n) is 20.7. The molecule has 0 saturated heterocycles. The van der Waals surface area contributed by atoms with Crippen molar-refractivity contribution in [1.82, 2.24) is 16.0 Å². The summed E-state index contributed by atoms with van der Waals surface area (Å²) in [7, 11) is 4.41. The predicted molar refractivity (Wildman–Crippen MR) is 130 cm³/mol. The fourth-order valence-corrected chi connectivity index (χ4v) is 3.41. The van der Waals surface area contributed by atoms with Gasteiger partial charge in [0, 0.05) is 6.54 Å². The third kappa shape index (κ3) is 8.47. The molecule has 9 nitrogen and oxygen atoms in total. The highest BCUT2D eigenvalue weighted by molar-refractivity contribution is 5.98. The Balaban J connectivity index is 1.95. The molecular formula is C25H33FN4O5. The number of amides is 2. The third-order valence-corrected chi connectivity index (χ3v) is 5.10. The van der Waals surface area contributed by atoms with E-state index in [4.69, 9.17) is 19.6 Å². The lowest BCUT2D eigenvalue weighted by Crippen LogP contribution is -2.52. The van der Waals surface area contributed by atoms with Gasteiger partial charge >= 0.3 is 0 Å². The summed E-state index contributed by atoms with van der Waals surface area (Å²) < 4.78 is 29.2. The maximum Gasteiger partial charge on any atom is 0.242 e. The molecule has 2 aromatic carbocycles. The highest BCUT2D eigenvalue weighted by Crippen LogP contribution is 2.27. The monoisotopic (exact) mass is 488 g/mol.